The van der Waals surface area contributed by atoms with Crippen molar-refractivity contribution < 1.29 is 0 Å². The SMILES string of the molecule is CCC1CCCN(c2ccc(CCl)cc2)C1. The molecular formula is C14H20ClN. The van der Waals surface area contributed by atoms with Crippen LogP contribution in [0.15, 0.2) is 24.3 Å². The van der Waals surface area contributed by atoms with E-state index in [9.17, 15) is 0 Å². The third-order valence-corrected chi connectivity index (χ3v) is 3.86. The van der Waals surface area contributed by atoms with Gasteiger partial charge in [-0.1, -0.05) is 25.5 Å². The fraction of sp³-hybridized carbons (Fsp3) is 0.571. The van der Waals surface area contributed by atoms with Crippen LogP contribution < -0.4 is 4.90 Å². The lowest BCUT2D eigenvalue weighted by Gasteiger charge is -2.34. The topological polar surface area (TPSA) is 3.24 Å². The van der Waals surface area contributed by atoms with Gasteiger partial charge in [0.15, 0.2) is 0 Å². The Labute approximate surface area is 103 Å². The number of anilines is 1. The van der Waals surface area contributed by atoms with Gasteiger partial charge in [-0.15, -0.1) is 11.6 Å². The first-order valence-electron chi connectivity index (χ1n) is 6.23. The number of benzene rings is 1. The van der Waals surface area contributed by atoms with Crippen molar-refractivity contribution in [3.63, 3.8) is 0 Å². The maximum Gasteiger partial charge on any atom is 0.0474 e. The Morgan fingerprint density at radius 3 is 2.69 bits per heavy atom. The quantitative estimate of drug-likeness (QED) is 0.717. The van der Waals surface area contributed by atoms with Crippen LogP contribution in [0.4, 0.5) is 5.69 Å². The highest BCUT2D eigenvalue weighted by Gasteiger charge is 2.18. The average molecular weight is 238 g/mol. The summed E-state index contributed by atoms with van der Waals surface area (Å²) in [5.74, 6) is 1.49. The van der Waals surface area contributed by atoms with Crippen molar-refractivity contribution in [2.24, 2.45) is 5.92 Å². The Bertz CT molecular complexity index is 320. The molecule has 0 saturated carbocycles. The van der Waals surface area contributed by atoms with Gasteiger partial charge in [0.2, 0.25) is 0 Å². The summed E-state index contributed by atoms with van der Waals surface area (Å²) in [5.41, 5.74) is 2.56. The molecule has 1 aromatic rings. The fourth-order valence-electron chi connectivity index (χ4n) is 2.43. The minimum absolute atomic E-state index is 0.609. The van der Waals surface area contributed by atoms with E-state index in [1.165, 1.54) is 43.6 Å². The van der Waals surface area contributed by atoms with Crippen molar-refractivity contribution in [2.75, 3.05) is 18.0 Å². The van der Waals surface area contributed by atoms with Crippen molar-refractivity contribution in [1.82, 2.24) is 0 Å². The molecule has 0 N–H and O–H groups in total. The molecule has 0 spiro atoms. The standard InChI is InChI=1S/C14H20ClN/c1-2-12-4-3-9-16(11-12)14-7-5-13(10-15)6-8-14/h5-8,12H,2-4,9-11H2,1H3. The highest BCUT2D eigenvalue weighted by molar-refractivity contribution is 6.17. The van der Waals surface area contributed by atoms with E-state index in [1.54, 1.807) is 0 Å². The molecule has 0 bridgehead atoms. The number of alkyl halides is 1. The van der Waals surface area contributed by atoms with Gasteiger partial charge in [-0.2, -0.15) is 0 Å². The number of piperidine rings is 1. The van der Waals surface area contributed by atoms with E-state index in [0.29, 0.717) is 5.88 Å². The largest absolute Gasteiger partial charge is 0.371 e. The van der Waals surface area contributed by atoms with Crippen LogP contribution in [0.2, 0.25) is 0 Å². The van der Waals surface area contributed by atoms with Gasteiger partial charge >= 0.3 is 0 Å². The first-order chi connectivity index (χ1) is 7.83. The third-order valence-electron chi connectivity index (χ3n) is 3.55. The predicted octanol–water partition coefficient (Wildman–Crippen LogP) is 4.05. The fourth-order valence-corrected chi connectivity index (χ4v) is 2.61. The number of hydrogen-bond acceptors (Lipinski definition) is 1. The summed E-state index contributed by atoms with van der Waals surface area (Å²) in [6.45, 7) is 4.72. The Morgan fingerprint density at radius 2 is 2.06 bits per heavy atom. The van der Waals surface area contributed by atoms with Crippen LogP contribution >= 0.6 is 11.6 Å². The number of rotatable bonds is 3. The van der Waals surface area contributed by atoms with Gasteiger partial charge in [-0.25, -0.2) is 0 Å². The molecule has 1 nitrogen and oxygen atoms in total. The van der Waals surface area contributed by atoms with Crippen molar-refractivity contribution in [1.29, 1.82) is 0 Å². The lowest BCUT2D eigenvalue weighted by Crippen LogP contribution is -2.35. The van der Waals surface area contributed by atoms with E-state index in [-0.39, 0.29) is 0 Å². The Morgan fingerprint density at radius 1 is 1.31 bits per heavy atom. The van der Waals surface area contributed by atoms with E-state index in [2.05, 4.69) is 36.1 Å². The molecule has 2 heteroatoms. The predicted molar refractivity (Wildman–Crippen MR) is 71.2 cm³/mol. The van der Waals surface area contributed by atoms with Crippen LogP contribution in [0, 0.1) is 5.92 Å². The van der Waals surface area contributed by atoms with Gasteiger partial charge in [0.05, 0.1) is 0 Å². The highest BCUT2D eigenvalue weighted by Crippen LogP contribution is 2.25. The summed E-state index contributed by atoms with van der Waals surface area (Å²) < 4.78 is 0. The summed E-state index contributed by atoms with van der Waals surface area (Å²) in [6, 6.07) is 8.68. The Kier molecular flexibility index (Phi) is 4.11. The van der Waals surface area contributed by atoms with Gasteiger partial charge < -0.3 is 4.90 Å². The van der Waals surface area contributed by atoms with Crippen molar-refractivity contribution in [3.05, 3.63) is 29.8 Å². The van der Waals surface area contributed by atoms with E-state index < -0.39 is 0 Å². The molecule has 16 heavy (non-hydrogen) atoms. The minimum Gasteiger partial charge on any atom is -0.371 e. The lowest BCUT2D eigenvalue weighted by atomic mass is 9.95. The molecule has 1 unspecified atom stereocenters. The zero-order valence-electron chi connectivity index (χ0n) is 9.95. The van der Waals surface area contributed by atoms with Crippen LogP contribution in [-0.2, 0) is 5.88 Å². The first-order valence-corrected chi connectivity index (χ1v) is 6.76. The summed E-state index contributed by atoms with van der Waals surface area (Å²) in [5, 5.41) is 0. The number of halogens is 1. The van der Waals surface area contributed by atoms with Crippen LogP contribution in [-0.4, -0.2) is 13.1 Å². The van der Waals surface area contributed by atoms with Crippen LogP contribution in [0.5, 0.6) is 0 Å². The molecule has 0 radical (unpaired) electrons. The van der Waals surface area contributed by atoms with Crippen LogP contribution in [0.1, 0.15) is 31.7 Å². The maximum absolute atomic E-state index is 5.80. The molecular weight excluding hydrogens is 218 g/mol. The van der Waals surface area contributed by atoms with Crippen LogP contribution in [0.25, 0.3) is 0 Å². The van der Waals surface area contributed by atoms with Crippen LogP contribution in [0.3, 0.4) is 0 Å². The third kappa shape index (κ3) is 2.70. The number of hydrogen-bond donors (Lipinski definition) is 0. The second-order valence-electron chi connectivity index (χ2n) is 4.66. The molecule has 1 atom stereocenters. The lowest BCUT2D eigenvalue weighted by molar-refractivity contribution is 0.405. The second kappa shape index (κ2) is 5.58. The molecule has 1 aliphatic heterocycles. The van der Waals surface area contributed by atoms with E-state index in [1.807, 2.05) is 0 Å². The zero-order chi connectivity index (χ0) is 11.4. The molecule has 0 aromatic heterocycles. The van der Waals surface area contributed by atoms with Crippen molar-refractivity contribution in [3.8, 4) is 0 Å². The van der Waals surface area contributed by atoms with Gasteiger partial charge in [-0.05, 0) is 36.5 Å². The molecule has 1 aromatic carbocycles. The smallest absolute Gasteiger partial charge is 0.0474 e. The van der Waals surface area contributed by atoms with E-state index in [0.717, 1.165) is 5.92 Å². The van der Waals surface area contributed by atoms with Gasteiger partial charge in [0.1, 0.15) is 0 Å². The molecule has 0 aliphatic carbocycles. The molecule has 1 aliphatic rings. The highest BCUT2D eigenvalue weighted by atomic mass is 35.5. The molecule has 1 saturated heterocycles. The van der Waals surface area contributed by atoms with E-state index >= 15 is 0 Å². The Balaban J connectivity index is 2.05. The monoisotopic (exact) mass is 237 g/mol. The molecule has 2 rings (SSSR count). The molecule has 1 heterocycles. The maximum atomic E-state index is 5.80. The molecule has 1 fully saturated rings. The summed E-state index contributed by atoms with van der Waals surface area (Å²) >= 11 is 5.80. The summed E-state index contributed by atoms with van der Waals surface area (Å²) in [7, 11) is 0. The normalized spacial score (nSPS) is 21.1. The molecule has 88 valence electrons. The van der Waals surface area contributed by atoms with Gasteiger partial charge in [-0.3, -0.25) is 0 Å². The summed E-state index contributed by atoms with van der Waals surface area (Å²) in [4.78, 5) is 2.51. The number of nitrogens with zero attached hydrogens (tertiary/aromatic N) is 1. The van der Waals surface area contributed by atoms with Crippen molar-refractivity contribution in [2.45, 2.75) is 32.1 Å². The van der Waals surface area contributed by atoms with E-state index in [4.69, 9.17) is 11.6 Å². The van der Waals surface area contributed by atoms with Gasteiger partial charge in [0.25, 0.3) is 0 Å². The minimum atomic E-state index is 0.609. The van der Waals surface area contributed by atoms with Gasteiger partial charge in [0, 0.05) is 24.7 Å². The average Bonchev–Trinajstić information content (AvgIpc) is 2.39. The Hall–Kier alpha value is -0.690. The molecule has 0 amide bonds. The zero-order valence-corrected chi connectivity index (χ0v) is 10.7. The summed E-state index contributed by atoms with van der Waals surface area (Å²) in [6.07, 6.45) is 4.03. The van der Waals surface area contributed by atoms with Crippen molar-refractivity contribution >= 4 is 17.3 Å². The first kappa shape index (κ1) is 11.8. The second-order valence-corrected chi connectivity index (χ2v) is 4.93.